The Morgan fingerprint density at radius 2 is 1.79 bits per heavy atom. The summed E-state index contributed by atoms with van der Waals surface area (Å²) in [4.78, 5) is 12.2. The van der Waals surface area contributed by atoms with E-state index in [1.54, 1.807) is 13.3 Å². The fourth-order valence-corrected chi connectivity index (χ4v) is 3.48. The second-order valence-corrected chi connectivity index (χ2v) is 7.26. The molecule has 0 aliphatic heterocycles. The molecule has 5 nitrogen and oxygen atoms in total. The van der Waals surface area contributed by atoms with Crippen LogP contribution in [0.1, 0.15) is 33.6 Å². The molecule has 2 aromatic carbocycles. The lowest BCUT2D eigenvalue weighted by Crippen LogP contribution is -2.20. The number of hydrogen-bond donors (Lipinski definition) is 1. The first-order chi connectivity index (χ1) is 13.9. The van der Waals surface area contributed by atoms with E-state index in [2.05, 4.69) is 27.2 Å². The number of carbonyl (C=O) groups is 1. The minimum atomic E-state index is -0.128. The summed E-state index contributed by atoms with van der Waals surface area (Å²) in [5.74, 6) is 0.696. The van der Waals surface area contributed by atoms with Gasteiger partial charge in [0.15, 0.2) is 0 Å². The van der Waals surface area contributed by atoms with Crippen LogP contribution >= 0.6 is 0 Å². The van der Waals surface area contributed by atoms with Crippen molar-refractivity contribution in [2.45, 2.75) is 34.1 Å². The minimum absolute atomic E-state index is 0.128. The first-order valence-corrected chi connectivity index (χ1v) is 9.60. The molecule has 0 bridgehead atoms. The van der Waals surface area contributed by atoms with E-state index in [0.717, 1.165) is 39.5 Å². The number of rotatable bonds is 6. The zero-order valence-electron chi connectivity index (χ0n) is 17.6. The molecular weight excluding hydrogens is 362 g/mol. The van der Waals surface area contributed by atoms with Crippen molar-refractivity contribution in [3.05, 3.63) is 82.2 Å². The maximum Gasteiger partial charge on any atom is 0.244 e. The van der Waals surface area contributed by atoms with Crippen molar-refractivity contribution in [3.8, 4) is 11.4 Å². The second-order valence-electron chi connectivity index (χ2n) is 7.26. The van der Waals surface area contributed by atoms with E-state index >= 15 is 0 Å². The lowest BCUT2D eigenvalue weighted by molar-refractivity contribution is -0.120. The Morgan fingerprint density at radius 3 is 2.45 bits per heavy atom. The zero-order valence-corrected chi connectivity index (χ0v) is 17.6. The third kappa shape index (κ3) is 4.74. The zero-order chi connectivity index (χ0) is 21.0. The monoisotopic (exact) mass is 389 g/mol. The number of amides is 1. The molecule has 5 heteroatoms. The first kappa shape index (κ1) is 20.4. The van der Waals surface area contributed by atoms with E-state index in [4.69, 9.17) is 4.74 Å². The number of aryl methyl sites for hydroxylation is 3. The topological polar surface area (TPSA) is 55.6 Å². The summed E-state index contributed by atoms with van der Waals surface area (Å²) in [6, 6.07) is 16.1. The molecule has 0 fully saturated rings. The highest BCUT2D eigenvalue weighted by Crippen LogP contribution is 2.22. The molecule has 3 aromatic rings. The molecule has 3 rings (SSSR count). The van der Waals surface area contributed by atoms with Crippen LogP contribution in [0.2, 0.25) is 0 Å². The molecule has 0 saturated carbocycles. The van der Waals surface area contributed by atoms with Crippen molar-refractivity contribution in [2.24, 2.45) is 5.10 Å². The molecule has 0 radical (unpaired) electrons. The van der Waals surface area contributed by atoms with Crippen LogP contribution in [0.25, 0.3) is 5.69 Å². The molecule has 0 saturated heterocycles. The van der Waals surface area contributed by atoms with Gasteiger partial charge in [0, 0.05) is 22.6 Å². The average molecular weight is 389 g/mol. The summed E-state index contributed by atoms with van der Waals surface area (Å²) >= 11 is 0. The van der Waals surface area contributed by atoms with Gasteiger partial charge in [-0.05, 0) is 69.2 Å². The van der Waals surface area contributed by atoms with Crippen LogP contribution < -0.4 is 10.2 Å². The van der Waals surface area contributed by atoms with Crippen molar-refractivity contribution in [1.82, 2.24) is 9.99 Å². The van der Waals surface area contributed by atoms with Gasteiger partial charge in [-0.15, -0.1) is 0 Å². The van der Waals surface area contributed by atoms with Gasteiger partial charge in [0.05, 0.1) is 19.7 Å². The summed E-state index contributed by atoms with van der Waals surface area (Å²) in [5.41, 5.74) is 10.1. The van der Waals surface area contributed by atoms with Gasteiger partial charge in [0.25, 0.3) is 0 Å². The quantitative estimate of drug-likeness (QED) is 0.501. The van der Waals surface area contributed by atoms with E-state index in [1.807, 2.05) is 64.1 Å². The number of carbonyl (C=O) groups excluding carboxylic acids is 1. The molecule has 0 unspecified atom stereocenters. The van der Waals surface area contributed by atoms with Crippen molar-refractivity contribution in [3.63, 3.8) is 0 Å². The van der Waals surface area contributed by atoms with Crippen LogP contribution in [0.3, 0.4) is 0 Å². The van der Waals surface area contributed by atoms with Gasteiger partial charge < -0.3 is 9.30 Å². The number of ether oxygens (including phenoxy) is 1. The fourth-order valence-electron chi connectivity index (χ4n) is 3.48. The second kappa shape index (κ2) is 8.78. The van der Waals surface area contributed by atoms with E-state index in [9.17, 15) is 4.79 Å². The van der Waals surface area contributed by atoms with Gasteiger partial charge in [-0.3, -0.25) is 4.79 Å². The number of nitrogens with one attached hydrogen (secondary N) is 1. The predicted molar refractivity (Wildman–Crippen MR) is 117 cm³/mol. The third-order valence-corrected chi connectivity index (χ3v) is 5.04. The van der Waals surface area contributed by atoms with Gasteiger partial charge in [0.1, 0.15) is 5.75 Å². The molecule has 1 aromatic heterocycles. The molecule has 150 valence electrons. The maximum absolute atomic E-state index is 12.2. The van der Waals surface area contributed by atoms with Gasteiger partial charge in [-0.25, -0.2) is 5.43 Å². The molecule has 0 aliphatic carbocycles. The summed E-state index contributed by atoms with van der Waals surface area (Å²) in [6.45, 7) is 8.15. The standard InChI is InChI=1S/C24H27N3O2/c1-16-6-7-20(17(2)12-16)14-24(28)26-25-15-21-13-18(3)27(19(21)4)22-8-10-23(29-5)11-9-22/h6-13,15H,14H2,1-5H3,(H,26,28)/b25-15-. The summed E-state index contributed by atoms with van der Waals surface area (Å²) in [7, 11) is 1.66. The normalized spacial score (nSPS) is 11.1. The fraction of sp³-hybridized carbons (Fsp3) is 0.250. The van der Waals surface area contributed by atoms with Crippen LogP contribution in [0, 0.1) is 27.7 Å². The highest BCUT2D eigenvalue weighted by molar-refractivity contribution is 5.85. The van der Waals surface area contributed by atoms with Crippen molar-refractivity contribution >= 4 is 12.1 Å². The summed E-state index contributed by atoms with van der Waals surface area (Å²) in [6.07, 6.45) is 2.01. The lowest BCUT2D eigenvalue weighted by atomic mass is 10.0. The molecule has 0 spiro atoms. The van der Waals surface area contributed by atoms with Gasteiger partial charge in [-0.2, -0.15) is 5.10 Å². The Labute approximate surface area is 172 Å². The van der Waals surface area contributed by atoms with Crippen molar-refractivity contribution in [1.29, 1.82) is 0 Å². The smallest absolute Gasteiger partial charge is 0.244 e. The lowest BCUT2D eigenvalue weighted by Gasteiger charge is -2.10. The Kier molecular flexibility index (Phi) is 6.17. The molecule has 0 aliphatic rings. The minimum Gasteiger partial charge on any atom is -0.497 e. The predicted octanol–water partition coefficient (Wildman–Crippen LogP) is 4.41. The molecule has 0 atom stereocenters. The summed E-state index contributed by atoms with van der Waals surface area (Å²) in [5, 5.41) is 4.16. The van der Waals surface area contributed by atoms with E-state index < -0.39 is 0 Å². The van der Waals surface area contributed by atoms with Gasteiger partial charge in [-0.1, -0.05) is 23.8 Å². The Hall–Kier alpha value is -3.34. The third-order valence-electron chi connectivity index (χ3n) is 5.04. The Morgan fingerprint density at radius 1 is 1.07 bits per heavy atom. The maximum atomic E-state index is 12.2. The SMILES string of the molecule is COc1ccc(-n2c(C)cc(/C=N\NC(=O)Cc3ccc(C)cc3C)c2C)cc1. The first-order valence-electron chi connectivity index (χ1n) is 9.60. The van der Waals surface area contributed by atoms with Crippen LogP contribution in [0.15, 0.2) is 53.6 Å². The number of hydrazone groups is 1. The highest BCUT2D eigenvalue weighted by atomic mass is 16.5. The van der Waals surface area contributed by atoms with E-state index in [-0.39, 0.29) is 5.91 Å². The molecule has 1 heterocycles. The van der Waals surface area contributed by atoms with Crippen molar-refractivity contribution in [2.75, 3.05) is 7.11 Å². The van der Waals surface area contributed by atoms with Crippen LogP contribution in [0.4, 0.5) is 0 Å². The molecule has 29 heavy (non-hydrogen) atoms. The average Bonchev–Trinajstić information content (AvgIpc) is 2.97. The summed E-state index contributed by atoms with van der Waals surface area (Å²) < 4.78 is 7.38. The number of methoxy groups -OCH3 is 1. The van der Waals surface area contributed by atoms with Crippen LogP contribution in [-0.2, 0) is 11.2 Å². The Bertz CT molecular complexity index is 1050. The number of nitrogens with zero attached hydrogens (tertiary/aromatic N) is 2. The van der Waals surface area contributed by atoms with Gasteiger partial charge in [0.2, 0.25) is 5.91 Å². The van der Waals surface area contributed by atoms with Crippen LogP contribution in [0.5, 0.6) is 5.75 Å². The number of aromatic nitrogens is 1. The Balaban J connectivity index is 1.70. The van der Waals surface area contributed by atoms with Crippen molar-refractivity contribution < 1.29 is 9.53 Å². The number of benzene rings is 2. The highest BCUT2D eigenvalue weighted by Gasteiger charge is 2.10. The van der Waals surface area contributed by atoms with E-state index in [0.29, 0.717) is 6.42 Å². The van der Waals surface area contributed by atoms with E-state index in [1.165, 1.54) is 5.56 Å². The largest absolute Gasteiger partial charge is 0.497 e. The molecular formula is C24H27N3O2. The number of hydrogen-bond acceptors (Lipinski definition) is 3. The van der Waals surface area contributed by atoms with Gasteiger partial charge >= 0.3 is 0 Å². The van der Waals surface area contributed by atoms with Crippen LogP contribution in [-0.4, -0.2) is 23.8 Å². The molecule has 1 amide bonds. The molecule has 1 N–H and O–H groups in total.